The molecule has 2 N–H and O–H groups in total. The third-order valence-corrected chi connectivity index (χ3v) is 3.44. The van der Waals surface area contributed by atoms with Gasteiger partial charge in [-0.2, -0.15) is 0 Å². The zero-order valence-corrected chi connectivity index (χ0v) is 14.0. The molecule has 0 saturated heterocycles. The molecule has 0 aromatic carbocycles. The molecule has 1 heterocycles. The maximum absolute atomic E-state index is 9.77. The Morgan fingerprint density at radius 1 is 1.26 bits per heavy atom. The minimum atomic E-state index is -0.557. The van der Waals surface area contributed by atoms with Gasteiger partial charge in [-0.15, -0.1) is 0 Å². The molecule has 23 heavy (non-hydrogen) atoms. The van der Waals surface area contributed by atoms with Crippen molar-refractivity contribution in [1.82, 2.24) is 10.3 Å². The molecule has 1 aromatic heterocycles. The van der Waals surface area contributed by atoms with E-state index in [1.54, 1.807) is 12.3 Å². The molecular weight excluding hydrogens is 296 g/mol. The first-order valence-electron chi connectivity index (χ1n) is 8.34. The Morgan fingerprint density at radius 2 is 2.09 bits per heavy atom. The first kappa shape index (κ1) is 18.0. The van der Waals surface area contributed by atoms with Crippen LogP contribution in [-0.4, -0.2) is 55.2 Å². The van der Waals surface area contributed by atoms with Crippen LogP contribution >= 0.6 is 0 Å². The van der Waals surface area contributed by atoms with Gasteiger partial charge < -0.3 is 24.6 Å². The van der Waals surface area contributed by atoms with E-state index in [0.29, 0.717) is 37.4 Å². The van der Waals surface area contributed by atoms with Crippen LogP contribution in [0.3, 0.4) is 0 Å². The number of pyridine rings is 1. The largest absolute Gasteiger partial charge is 0.490 e. The van der Waals surface area contributed by atoms with E-state index in [4.69, 9.17) is 14.2 Å². The number of rotatable bonds is 12. The van der Waals surface area contributed by atoms with Gasteiger partial charge in [0.05, 0.1) is 12.8 Å². The summed E-state index contributed by atoms with van der Waals surface area (Å²) in [6, 6.07) is 3.89. The van der Waals surface area contributed by atoms with Crippen molar-refractivity contribution in [2.45, 2.75) is 38.8 Å². The van der Waals surface area contributed by atoms with Gasteiger partial charge in [-0.05, 0) is 24.8 Å². The summed E-state index contributed by atoms with van der Waals surface area (Å²) in [4.78, 5) is 4.16. The van der Waals surface area contributed by atoms with Crippen LogP contribution in [0.1, 0.15) is 26.7 Å². The van der Waals surface area contributed by atoms with Gasteiger partial charge in [0.2, 0.25) is 5.88 Å². The molecule has 2 rings (SSSR count). The molecule has 1 unspecified atom stereocenters. The molecule has 1 aromatic rings. The van der Waals surface area contributed by atoms with E-state index in [1.165, 1.54) is 12.8 Å². The van der Waals surface area contributed by atoms with Crippen molar-refractivity contribution >= 4 is 0 Å². The van der Waals surface area contributed by atoms with Crippen LogP contribution < -0.4 is 14.8 Å². The SMILES string of the molecule is CC(C)NCC(O)COc1ccc(OCCOCC2CC2)cn1. The summed E-state index contributed by atoms with van der Waals surface area (Å²) in [5.74, 6) is 1.94. The number of nitrogens with zero attached hydrogens (tertiary/aromatic N) is 1. The first-order valence-corrected chi connectivity index (χ1v) is 8.34. The Bertz CT molecular complexity index is 435. The van der Waals surface area contributed by atoms with Crippen LogP contribution in [-0.2, 0) is 4.74 Å². The predicted octanol–water partition coefficient (Wildman–Crippen LogP) is 1.62. The van der Waals surface area contributed by atoms with Gasteiger partial charge in [-0.25, -0.2) is 4.98 Å². The molecule has 0 aliphatic heterocycles. The second-order valence-corrected chi connectivity index (χ2v) is 6.23. The lowest BCUT2D eigenvalue weighted by atomic mass is 10.3. The maximum Gasteiger partial charge on any atom is 0.213 e. The van der Waals surface area contributed by atoms with Crippen LogP contribution in [0.25, 0.3) is 0 Å². The summed E-state index contributed by atoms with van der Waals surface area (Å²) in [5.41, 5.74) is 0. The molecule has 1 aliphatic rings. The van der Waals surface area contributed by atoms with E-state index in [0.717, 1.165) is 12.5 Å². The third-order valence-electron chi connectivity index (χ3n) is 3.44. The number of ether oxygens (including phenoxy) is 3. The van der Waals surface area contributed by atoms with Crippen LogP contribution in [0.4, 0.5) is 0 Å². The van der Waals surface area contributed by atoms with Crippen LogP contribution in [0, 0.1) is 5.92 Å². The van der Waals surface area contributed by atoms with E-state index in [1.807, 2.05) is 19.9 Å². The minimum Gasteiger partial charge on any atom is -0.490 e. The highest BCUT2D eigenvalue weighted by molar-refractivity contribution is 5.22. The zero-order chi connectivity index (χ0) is 16.5. The summed E-state index contributed by atoms with van der Waals surface area (Å²) >= 11 is 0. The second kappa shape index (κ2) is 9.70. The fraction of sp³-hybridized carbons (Fsp3) is 0.706. The normalized spacial score (nSPS) is 15.7. The van der Waals surface area contributed by atoms with Crippen molar-refractivity contribution < 1.29 is 19.3 Å². The van der Waals surface area contributed by atoms with Gasteiger partial charge >= 0.3 is 0 Å². The lowest BCUT2D eigenvalue weighted by molar-refractivity contribution is 0.0922. The highest BCUT2D eigenvalue weighted by Crippen LogP contribution is 2.28. The molecule has 6 nitrogen and oxygen atoms in total. The van der Waals surface area contributed by atoms with E-state index in [-0.39, 0.29) is 6.61 Å². The van der Waals surface area contributed by atoms with Crippen molar-refractivity contribution in [1.29, 1.82) is 0 Å². The maximum atomic E-state index is 9.77. The van der Waals surface area contributed by atoms with E-state index < -0.39 is 6.10 Å². The van der Waals surface area contributed by atoms with Crippen molar-refractivity contribution in [2.75, 3.05) is 33.0 Å². The molecule has 6 heteroatoms. The average Bonchev–Trinajstić information content (AvgIpc) is 3.36. The highest BCUT2D eigenvalue weighted by Gasteiger charge is 2.20. The van der Waals surface area contributed by atoms with Crippen LogP contribution in [0.2, 0.25) is 0 Å². The van der Waals surface area contributed by atoms with Gasteiger partial charge in [0.1, 0.15) is 25.1 Å². The Kier molecular flexibility index (Phi) is 7.58. The van der Waals surface area contributed by atoms with Crippen molar-refractivity contribution in [3.8, 4) is 11.6 Å². The van der Waals surface area contributed by atoms with Crippen LogP contribution in [0.15, 0.2) is 18.3 Å². The molecule has 0 bridgehead atoms. The molecule has 0 radical (unpaired) electrons. The van der Waals surface area contributed by atoms with Gasteiger partial charge in [0, 0.05) is 25.3 Å². The van der Waals surface area contributed by atoms with Crippen LogP contribution in [0.5, 0.6) is 11.6 Å². The fourth-order valence-electron chi connectivity index (χ4n) is 1.90. The molecule has 1 atom stereocenters. The fourth-order valence-corrected chi connectivity index (χ4v) is 1.90. The highest BCUT2D eigenvalue weighted by atomic mass is 16.5. The smallest absolute Gasteiger partial charge is 0.213 e. The Labute approximate surface area is 138 Å². The standard InChI is InChI=1S/C17H28N2O4/c1-13(2)18-9-15(20)12-23-17-6-5-16(10-19-17)22-8-7-21-11-14-3-4-14/h5-6,10,13-15,18,20H,3-4,7-9,11-12H2,1-2H3. The molecular formula is C17H28N2O4. The van der Waals surface area contributed by atoms with Crippen molar-refractivity contribution in [2.24, 2.45) is 5.92 Å². The quantitative estimate of drug-likeness (QED) is 0.569. The summed E-state index contributed by atoms with van der Waals surface area (Å²) in [7, 11) is 0. The summed E-state index contributed by atoms with van der Waals surface area (Å²) < 4.78 is 16.5. The van der Waals surface area contributed by atoms with Gasteiger partial charge in [-0.1, -0.05) is 13.8 Å². The van der Waals surface area contributed by atoms with Gasteiger partial charge in [0.25, 0.3) is 0 Å². The average molecular weight is 324 g/mol. The number of nitrogens with one attached hydrogen (secondary N) is 1. The van der Waals surface area contributed by atoms with Gasteiger partial charge in [-0.3, -0.25) is 0 Å². The molecule has 1 fully saturated rings. The van der Waals surface area contributed by atoms with Crippen molar-refractivity contribution in [3.63, 3.8) is 0 Å². The molecule has 0 spiro atoms. The monoisotopic (exact) mass is 324 g/mol. The molecule has 1 saturated carbocycles. The van der Waals surface area contributed by atoms with E-state index in [2.05, 4.69) is 10.3 Å². The summed E-state index contributed by atoms with van der Waals surface area (Å²) in [5, 5.41) is 12.9. The topological polar surface area (TPSA) is 72.8 Å². The Hall–Kier alpha value is -1.37. The number of aromatic nitrogens is 1. The number of hydrogen-bond donors (Lipinski definition) is 2. The number of aliphatic hydroxyl groups excluding tert-OH is 1. The summed E-state index contributed by atoms with van der Waals surface area (Å²) in [6.45, 7) is 6.75. The number of hydrogen-bond acceptors (Lipinski definition) is 6. The second-order valence-electron chi connectivity index (χ2n) is 6.23. The first-order chi connectivity index (χ1) is 11.1. The van der Waals surface area contributed by atoms with Gasteiger partial charge in [0.15, 0.2) is 0 Å². The molecule has 0 amide bonds. The Balaban J connectivity index is 1.57. The van der Waals surface area contributed by atoms with E-state index >= 15 is 0 Å². The predicted molar refractivity (Wildman–Crippen MR) is 87.9 cm³/mol. The Morgan fingerprint density at radius 3 is 2.74 bits per heavy atom. The lowest BCUT2D eigenvalue weighted by Crippen LogP contribution is -2.35. The van der Waals surface area contributed by atoms with E-state index in [9.17, 15) is 5.11 Å². The lowest BCUT2D eigenvalue weighted by Gasteiger charge is -2.14. The molecule has 1 aliphatic carbocycles. The van der Waals surface area contributed by atoms with Crippen molar-refractivity contribution in [3.05, 3.63) is 18.3 Å². The third kappa shape index (κ3) is 8.16. The number of aliphatic hydroxyl groups is 1. The zero-order valence-electron chi connectivity index (χ0n) is 14.0. The molecule has 130 valence electrons. The summed E-state index contributed by atoms with van der Waals surface area (Å²) in [6.07, 6.45) is 3.66. The minimum absolute atomic E-state index is 0.210.